The number of aryl methyl sites for hydroxylation is 1. The third-order valence-corrected chi connectivity index (χ3v) is 11.1. The van der Waals surface area contributed by atoms with E-state index in [0.29, 0.717) is 43.1 Å². The lowest BCUT2D eigenvalue weighted by Gasteiger charge is -2.38. The SMILES string of the molecule is C=CCN(C(=O)[C@@H]1[C@@H]2CCC3(S2)C(C(=O)N(CC=C)c2c(C)cccc2Cl)N(CCCCO)C(=O)[C@H]13)c1ccccc1. The van der Waals surface area contributed by atoms with Gasteiger partial charge in [-0.15, -0.1) is 24.9 Å². The number of para-hydroxylation sites is 2. The molecule has 3 heterocycles. The van der Waals surface area contributed by atoms with Crippen molar-refractivity contribution in [3.8, 4) is 0 Å². The van der Waals surface area contributed by atoms with Gasteiger partial charge in [0, 0.05) is 37.2 Å². The van der Waals surface area contributed by atoms with Crippen LogP contribution < -0.4 is 9.80 Å². The summed E-state index contributed by atoms with van der Waals surface area (Å²) in [5, 5.41) is 9.87. The molecule has 5 atom stereocenters. The van der Waals surface area contributed by atoms with Crippen molar-refractivity contribution in [1.82, 2.24) is 4.90 Å². The number of carbonyl (C=O) groups is 3. The van der Waals surface area contributed by atoms with Gasteiger partial charge in [0.1, 0.15) is 6.04 Å². The third kappa shape index (κ3) is 5.07. The molecule has 3 amide bonds. The number of halogens is 1. The number of thioether (sulfide) groups is 1. The first-order valence-corrected chi connectivity index (χ1v) is 15.8. The fourth-order valence-electron chi connectivity index (χ4n) is 7.12. The Morgan fingerprint density at radius 3 is 2.45 bits per heavy atom. The molecule has 42 heavy (non-hydrogen) atoms. The molecule has 9 heteroatoms. The molecule has 2 bridgehead atoms. The number of likely N-dealkylation sites (tertiary alicyclic amines) is 1. The van der Waals surface area contributed by atoms with Gasteiger partial charge < -0.3 is 19.8 Å². The van der Waals surface area contributed by atoms with Gasteiger partial charge in [-0.05, 0) is 56.4 Å². The van der Waals surface area contributed by atoms with E-state index < -0.39 is 22.6 Å². The van der Waals surface area contributed by atoms with Crippen molar-refractivity contribution in [2.45, 2.75) is 48.6 Å². The Morgan fingerprint density at radius 2 is 1.79 bits per heavy atom. The van der Waals surface area contributed by atoms with E-state index >= 15 is 0 Å². The minimum atomic E-state index is -0.762. The van der Waals surface area contributed by atoms with Crippen LogP contribution in [0.3, 0.4) is 0 Å². The second-order valence-corrected chi connectivity index (χ2v) is 13.2. The number of rotatable bonds is 12. The number of hydrogen-bond donors (Lipinski definition) is 1. The molecular formula is C33H38ClN3O4S. The van der Waals surface area contributed by atoms with E-state index in [1.165, 1.54) is 0 Å². The highest BCUT2D eigenvalue weighted by atomic mass is 35.5. The van der Waals surface area contributed by atoms with Crippen LogP contribution in [0.1, 0.15) is 31.2 Å². The third-order valence-electron chi connectivity index (χ3n) is 8.81. The van der Waals surface area contributed by atoms with Crippen molar-refractivity contribution in [3.05, 3.63) is 84.4 Å². The normalized spacial score (nSPS) is 25.8. The Balaban J connectivity index is 1.57. The van der Waals surface area contributed by atoms with Crippen LogP contribution >= 0.6 is 23.4 Å². The van der Waals surface area contributed by atoms with Crippen LogP contribution in [0.2, 0.25) is 5.02 Å². The van der Waals surface area contributed by atoms with Gasteiger partial charge in [-0.3, -0.25) is 14.4 Å². The molecule has 3 aliphatic heterocycles. The fraction of sp³-hybridized carbons (Fsp3) is 0.424. The van der Waals surface area contributed by atoms with Crippen molar-refractivity contribution in [2.75, 3.05) is 36.0 Å². The van der Waals surface area contributed by atoms with Gasteiger partial charge in [-0.1, -0.05) is 54.1 Å². The molecule has 1 spiro atoms. The van der Waals surface area contributed by atoms with E-state index in [1.54, 1.807) is 44.7 Å². The number of carbonyl (C=O) groups excluding carboxylic acids is 3. The molecule has 1 N–H and O–H groups in total. The Hall–Kier alpha value is -3.07. The number of anilines is 2. The summed E-state index contributed by atoms with van der Waals surface area (Å²) in [6.07, 6.45) is 5.86. The minimum absolute atomic E-state index is 0.00213. The standard InChI is InChI=1S/C33H38ClN3O4S/c1-4-18-35(23-13-7-6-8-14-23)30(39)26-25-16-17-33(42-25)27(26)31(40)37(20-9-10-21-38)29(33)32(41)36(19-5-2)28-22(3)12-11-15-24(28)34/h4-8,11-15,25-27,29,38H,1-2,9-10,16-21H2,3H3/t25-,26+,27-,29?,33?/m0/s1. The van der Waals surface area contributed by atoms with Crippen molar-refractivity contribution < 1.29 is 19.5 Å². The molecule has 0 aromatic heterocycles. The summed E-state index contributed by atoms with van der Waals surface area (Å²) >= 11 is 8.30. The Bertz CT molecular complexity index is 1350. The van der Waals surface area contributed by atoms with Crippen LogP contribution in [0.25, 0.3) is 0 Å². The molecule has 3 saturated heterocycles. The Morgan fingerprint density at radius 1 is 1.07 bits per heavy atom. The van der Waals surface area contributed by atoms with E-state index in [0.717, 1.165) is 17.7 Å². The van der Waals surface area contributed by atoms with Gasteiger partial charge in [0.2, 0.25) is 11.8 Å². The van der Waals surface area contributed by atoms with Gasteiger partial charge >= 0.3 is 0 Å². The van der Waals surface area contributed by atoms with E-state index in [2.05, 4.69) is 13.2 Å². The van der Waals surface area contributed by atoms with Crippen LogP contribution in [-0.4, -0.2) is 70.0 Å². The summed E-state index contributed by atoms with van der Waals surface area (Å²) in [5.41, 5.74) is 2.22. The summed E-state index contributed by atoms with van der Waals surface area (Å²) in [4.78, 5) is 48.5. The maximum Gasteiger partial charge on any atom is 0.251 e. The van der Waals surface area contributed by atoms with Crippen LogP contribution in [0.4, 0.5) is 11.4 Å². The molecule has 0 saturated carbocycles. The quantitative estimate of drug-likeness (QED) is 0.263. The number of unbranched alkanes of at least 4 members (excludes halogenated alkanes) is 1. The molecular weight excluding hydrogens is 570 g/mol. The van der Waals surface area contributed by atoms with Crippen molar-refractivity contribution in [3.63, 3.8) is 0 Å². The zero-order valence-corrected chi connectivity index (χ0v) is 25.5. The van der Waals surface area contributed by atoms with Crippen molar-refractivity contribution in [1.29, 1.82) is 0 Å². The van der Waals surface area contributed by atoms with E-state index in [1.807, 2.05) is 49.4 Å². The number of benzene rings is 2. The number of fused-ring (bicyclic) bond motifs is 1. The second kappa shape index (κ2) is 12.7. The molecule has 3 aliphatic rings. The van der Waals surface area contributed by atoms with Gasteiger partial charge in [-0.25, -0.2) is 0 Å². The average Bonchev–Trinajstić information content (AvgIpc) is 3.63. The first-order valence-electron chi connectivity index (χ1n) is 14.5. The predicted molar refractivity (Wildman–Crippen MR) is 170 cm³/mol. The maximum absolute atomic E-state index is 14.7. The fourth-order valence-corrected chi connectivity index (χ4v) is 9.65. The molecule has 3 fully saturated rings. The molecule has 7 nitrogen and oxygen atoms in total. The van der Waals surface area contributed by atoms with E-state index in [9.17, 15) is 19.5 Å². The smallest absolute Gasteiger partial charge is 0.251 e. The van der Waals surface area contributed by atoms with E-state index in [4.69, 9.17) is 11.6 Å². The highest BCUT2D eigenvalue weighted by Crippen LogP contribution is 2.67. The highest BCUT2D eigenvalue weighted by Gasteiger charge is 2.74. The first kappa shape index (κ1) is 30.4. The number of amides is 3. The zero-order chi connectivity index (χ0) is 30.0. The van der Waals surface area contributed by atoms with Crippen molar-refractivity contribution in [2.24, 2.45) is 11.8 Å². The summed E-state index contributed by atoms with van der Waals surface area (Å²) in [5.74, 6) is -1.64. The lowest BCUT2D eigenvalue weighted by atomic mass is 9.70. The number of aliphatic hydroxyl groups excluding tert-OH is 1. The molecule has 2 aromatic rings. The summed E-state index contributed by atoms with van der Waals surface area (Å²) in [6.45, 7) is 10.6. The van der Waals surface area contributed by atoms with Crippen LogP contribution in [0.15, 0.2) is 73.8 Å². The summed E-state index contributed by atoms with van der Waals surface area (Å²) in [6, 6.07) is 14.2. The lowest BCUT2D eigenvalue weighted by molar-refractivity contribution is -0.139. The zero-order valence-electron chi connectivity index (χ0n) is 24.0. The summed E-state index contributed by atoms with van der Waals surface area (Å²) in [7, 11) is 0. The van der Waals surface area contributed by atoms with Gasteiger partial charge in [0.25, 0.3) is 5.91 Å². The van der Waals surface area contributed by atoms with E-state index in [-0.39, 0.29) is 36.1 Å². The largest absolute Gasteiger partial charge is 0.396 e. The predicted octanol–water partition coefficient (Wildman–Crippen LogP) is 5.25. The summed E-state index contributed by atoms with van der Waals surface area (Å²) < 4.78 is -0.733. The Labute approximate surface area is 257 Å². The number of nitrogens with zero attached hydrogens (tertiary/aromatic N) is 3. The number of hydrogen-bond acceptors (Lipinski definition) is 5. The molecule has 2 unspecified atom stereocenters. The monoisotopic (exact) mass is 607 g/mol. The maximum atomic E-state index is 14.7. The molecule has 0 radical (unpaired) electrons. The lowest BCUT2D eigenvalue weighted by Crippen LogP contribution is -2.55. The van der Waals surface area contributed by atoms with Gasteiger partial charge in [0.15, 0.2) is 0 Å². The molecule has 222 valence electrons. The van der Waals surface area contributed by atoms with Crippen LogP contribution in [-0.2, 0) is 14.4 Å². The molecule has 2 aromatic carbocycles. The molecule has 0 aliphatic carbocycles. The topological polar surface area (TPSA) is 81.2 Å². The van der Waals surface area contributed by atoms with Crippen LogP contribution in [0, 0.1) is 18.8 Å². The second-order valence-electron chi connectivity index (χ2n) is 11.2. The van der Waals surface area contributed by atoms with Crippen molar-refractivity contribution >= 4 is 52.5 Å². The van der Waals surface area contributed by atoms with Gasteiger partial charge in [0.05, 0.1) is 27.3 Å². The number of aliphatic hydroxyl groups is 1. The first-order chi connectivity index (χ1) is 20.3. The Kier molecular flexibility index (Phi) is 9.16. The highest BCUT2D eigenvalue weighted by molar-refractivity contribution is 8.02. The van der Waals surface area contributed by atoms with Crippen LogP contribution in [0.5, 0.6) is 0 Å². The molecule has 5 rings (SSSR count). The minimum Gasteiger partial charge on any atom is -0.396 e. The average molecular weight is 608 g/mol. The van der Waals surface area contributed by atoms with Gasteiger partial charge in [-0.2, -0.15) is 0 Å².